The minimum Gasteiger partial charge on any atom is -0.480 e. The van der Waals surface area contributed by atoms with Gasteiger partial charge < -0.3 is 14.8 Å². The molecule has 1 aromatic heterocycles. The van der Waals surface area contributed by atoms with Crippen LogP contribution in [0.5, 0.6) is 5.75 Å². The van der Waals surface area contributed by atoms with E-state index in [2.05, 4.69) is 11.4 Å². The number of hydrogen-bond acceptors (Lipinski definition) is 6. The van der Waals surface area contributed by atoms with Gasteiger partial charge in [-0.1, -0.05) is 23.7 Å². The molecule has 0 saturated heterocycles. The molecule has 1 aliphatic rings. The molecule has 1 heterocycles. The number of nitriles is 1. The summed E-state index contributed by atoms with van der Waals surface area (Å²) in [6.45, 7) is -0.800. The summed E-state index contributed by atoms with van der Waals surface area (Å²) in [5, 5.41) is 13.0. The second-order valence-electron chi connectivity index (χ2n) is 5.95. The van der Waals surface area contributed by atoms with Gasteiger partial charge in [-0.3, -0.25) is 4.79 Å². The van der Waals surface area contributed by atoms with Crippen LogP contribution in [0.1, 0.15) is 28.8 Å². The van der Waals surface area contributed by atoms with E-state index in [1.54, 1.807) is 24.3 Å². The van der Waals surface area contributed by atoms with Crippen molar-refractivity contribution in [3.05, 3.63) is 45.3 Å². The van der Waals surface area contributed by atoms with E-state index < -0.39 is 18.5 Å². The number of amides is 1. The minimum absolute atomic E-state index is 0.353. The van der Waals surface area contributed by atoms with Gasteiger partial charge in [0.25, 0.3) is 5.91 Å². The van der Waals surface area contributed by atoms with Gasteiger partial charge in [0, 0.05) is 4.88 Å². The van der Waals surface area contributed by atoms with Crippen molar-refractivity contribution in [2.75, 3.05) is 18.5 Å². The summed E-state index contributed by atoms with van der Waals surface area (Å²) < 4.78 is 10.2. The van der Waals surface area contributed by atoms with Gasteiger partial charge in [0.2, 0.25) is 0 Å². The maximum atomic E-state index is 12.1. The lowest BCUT2D eigenvalue weighted by Gasteiger charge is -2.09. The Morgan fingerprint density at radius 2 is 2.00 bits per heavy atom. The van der Waals surface area contributed by atoms with Gasteiger partial charge in [0.05, 0.1) is 10.6 Å². The highest BCUT2D eigenvalue weighted by Crippen LogP contribution is 2.37. The van der Waals surface area contributed by atoms with Crippen LogP contribution in [0.2, 0.25) is 5.02 Å². The standard InChI is InChI=1S/C19H17ClN2O4S/c20-14-6-2-3-7-15(14)25-11-18(24)26-10-17(23)22-19-13(9-21)12-5-1-4-8-16(12)27-19/h2-3,6-7H,1,4-5,8,10-11H2,(H,22,23). The third-order valence-corrected chi connectivity index (χ3v) is 5.60. The Bertz CT molecular complexity index is 904. The van der Waals surface area contributed by atoms with Gasteiger partial charge in [-0.15, -0.1) is 11.3 Å². The van der Waals surface area contributed by atoms with Gasteiger partial charge in [-0.2, -0.15) is 5.26 Å². The van der Waals surface area contributed by atoms with E-state index in [1.165, 1.54) is 11.3 Å². The van der Waals surface area contributed by atoms with Crippen molar-refractivity contribution in [3.8, 4) is 11.8 Å². The van der Waals surface area contributed by atoms with Crippen LogP contribution in [0.3, 0.4) is 0 Å². The topological polar surface area (TPSA) is 88.4 Å². The van der Waals surface area contributed by atoms with Crippen LogP contribution >= 0.6 is 22.9 Å². The number of nitrogens with zero attached hydrogens (tertiary/aromatic N) is 1. The van der Waals surface area contributed by atoms with Gasteiger partial charge in [-0.05, 0) is 43.4 Å². The highest BCUT2D eigenvalue weighted by molar-refractivity contribution is 7.16. The molecule has 0 saturated carbocycles. The molecule has 0 atom stereocenters. The summed E-state index contributed by atoms with van der Waals surface area (Å²) in [4.78, 5) is 25.0. The number of esters is 1. The molecular weight excluding hydrogens is 388 g/mol. The van der Waals surface area contributed by atoms with Crippen molar-refractivity contribution in [1.29, 1.82) is 5.26 Å². The summed E-state index contributed by atoms with van der Waals surface area (Å²) in [7, 11) is 0. The number of anilines is 1. The molecule has 1 N–H and O–H groups in total. The van der Waals surface area contributed by atoms with Crippen LogP contribution in [0, 0.1) is 11.3 Å². The molecule has 0 aliphatic heterocycles. The first-order valence-electron chi connectivity index (χ1n) is 8.46. The lowest BCUT2D eigenvalue weighted by atomic mass is 9.96. The van der Waals surface area contributed by atoms with Crippen LogP contribution in [-0.4, -0.2) is 25.1 Å². The molecule has 8 heteroatoms. The Balaban J connectivity index is 1.50. The van der Waals surface area contributed by atoms with Gasteiger partial charge in [-0.25, -0.2) is 4.79 Å². The number of aryl methyl sites for hydroxylation is 1. The van der Waals surface area contributed by atoms with Crippen LogP contribution < -0.4 is 10.1 Å². The SMILES string of the molecule is N#Cc1c(NC(=O)COC(=O)COc2ccccc2Cl)sc2c1CCCC2. The highest BCUT2D eigenvalue weighted by Gasteiger charge is 2.22. The fourth-order valence-corrected chi connectivity index (χ4v) is 4.27. The summed E-state index contributed by atoms with van der Waals surface area (Å²) in [6, 6.07) is 8.92. The normalized spacial score (nSPS) is 12.6. The predicted molar refractivity (Wildman–Crippen MR) is 102 cm³/mol. The minimum atomic E-state index is -0.684. The molecule has 3 rings (SSSR count). The van der Waals surface area contributed by atoms with Crippen molar-refractivity contribution in [2.45, 2.75) is 25.7 Å². The molecule has 0 bridgehead atoms. The summed E-state index contributed by atoms with van der Waals surface area (Å²) in [6.07, 6.45) is 3.93. The first-order chi connectivity index (χ1) is 13.1. The van der Waals surface area contributed by atoms with E-state index in [9.17, 15) is 14.9 Å². The van der Waals surface area contributed by atoms with Crippen molar-refractivity contribution in [2.24, 2.45) is 0 Å². The molecule has 27 heavy (non-hydrogen) atoms. The van der Waals surface area contributed by atoms with Crippen molar-refractivity contribution in [1.82, 2.24) is 0 Å². The molecule has 0 spiro atoms. The predicted octanol–water partition coefficient (Wildman–Crippen LogP) is 3.71. The molecule has 0 radical (unpaired) electrons. The van der Waals surface area contributed by atoms with Gasteiger partial charge >= 0.3 is 5.97 Å². The first-order valence-corrected chi connectivity index (χ1v) is 9.65. The zero-order valence-electron chi connectivity index (χ0n) is 14.4. The average molecular weight is 405 g/mol. The van der Waals surface area contributed by atoms with Crippen molar-refractivity contribution >= 4 is 39.8 Å². The van der Waals surface area contributed by atoms with E-state index in [1.807, 2.05) is 0 Å². The summed E-state index contributed by atoms with van der Waals surface area (Å²) in [5.41, 5.74) is 1.56. The molecule has 6 nitrogen and oxygen atoms in total. The number of fused-ring (bicyclic) bond motifs is 1. The molecule has 1 aliphatic carbocycles. The van der Waals surface area contributed by atoms with E-state index in [-0.39, 0.29) is 6.61 Å². The number of nitrogens with one attached hydrogen (secondary N) is 1. The number of hydrogen-bond donors (Lipinski definition) is 1. The number of ether oxygens (including phenoxy) is 2. The highest BCUT2D eigenvalue weighted by atomic mass is 35.5. The Morgan fingerprint density at radius 3 is 2.78 bits per heavy atom. The smallest absolute Gasteiger partial charge is 0.344 e. The Hall–Kier alpha value is -2.56. The second-order valence-corrected chi connectivity index (χ2v) is 7.47. The number of benzene rings is 1. The van der Waals surface area contributed by atoms with Crippen LogP contribution in [-0.2, 0) is 27.2 Å². The van der Waals surface area contributed by atoms with E-state index >= 15 is 0 Å². The molecule has 1 aromatic carbocycles. The van der Waals surface area contributed by atoms with E-state index in [0.29, 0.717) is 21.3 Å². The van der Waals surface area contributed by atoms with Crippen LogP contribution in [0.15, 0.2) is 24.3 Å². The van der Waals surface area contributed by atoms with E-state index in [4.69, 9.17) is 21.1 Å². The number of thiophene rings is 1. The molecule has 0 fully saturated rings. The fourth-order valence-electron chi connectivity index (χ4n) is 2.82. The lowest BCUT2D eigenvalue weighted by molar-refractivity contribution is -0.149. The Labute approximate surface area is 165 Å². The van der Waals surface area contributed by atoms with E-state index in [0.717, 1.165) is 36.1 Å². The van der Waals surface area contributed by atoms with Crippen molar-refractivity contribution in [3.63, 3.8) is 0 Å². The van der Waals surface area contributed by atoms with Gasteiger partial charge in [0.1, 0.15) is 16.8 Å². The third-order valence-electron chi connectivity index (χ3n) is 4.08. The zero-order chi connectivity index (χ0) is 19.2. The fraction of sp³-hybridized carbons (Fsp3) is 0.316. The quantitative estimate of drug-likeness (QED) is 0.741. The maximum Gasteiger partial charge on any atom is 0.344 e. The zero-order valence-corrected chi connectivity index (χ0v) is 16.0. The molecular formula is C19H17ClN2O4S. The second kappa shape index (κ2) is 8.89. The molecule has 0 unspecified atom stereocenters. The first kappa shape index (κ1) is 19.2. The molecule has 2 aromatic rings. The van der Waals surface area contributed by atoms with Crippen LogP contribution in [0.4, 0.5) is 5.00 Å². The Morgan fingerprint density at radius 1 is 1.22 bits per heavy atom. The largest absolute Gasteiger partial charge is 0.480 e. The molecule has 140 valence electrons. The maximum absolute atomic E-state index is 12.1. The number of para-hydroxylation sites is 1. The van der Waals surface area contributed by atoms with Crippen LogP contribution in [0.25, 0.3) is 0 Å². The Kier molecular flexibility index (Phi) is 6.32. The number of halogens is 1. The average Bonchev–Trinajstić information content (AvgIpc) is 3.02. The number of carbonyl (C=O) groups is 2. The number of rotatable bonds is 6. The third kappa shape index (κ3) is 4.79. The lowest BCUT2D eigenvalue weighted by Crippen LogP contribution is -2.23. The molecule has 1 amide bonds. The monoisotopic (exact) mass is 404 g/mol. The summed E-state index contributed by atoms with van der Waals surface area (Å²) >= 11 is 7.35. The van der Waals surface area contributed by atoms with Gasteiger partial charge in [0.15, 0.2) is 13.2 Å². The summed E-state index contributed by atoms with van der Waals surface area (Å²) in [5.74, 6) is -0.810. The van der Waals surface area contributed by atoms with Crippen molar-refractivity contribution < 1.29 is 19.1 Å². The number of carbonyl (C=O) groups excluding carboxylic acids is 2.